The van der Waals surface area contributed by atoms with E-state index in [0.29, 0.717) is 0 Å². The Morgan fingerprint density at radius 3 is 2.93 bits per heavy atom. The van der Waals surface area contributed by atoms with Crippen molar-refractivity contribution >= 4 is 17.6 Å². The van der Waals surface area contributed by atoms with E-state index in [1.807, 2.05) is 31.2 Å². The third-order valence-electron chi connectivity index (χ3n) is 2.07. The predicted molar refractivity (Wildman–Crippen MR) is 64.8 cm³/mol. The number of rotatable bonds is 5. The van der Waals surface area contributed by atoms with Gasteiger partial charge in [0.2, 0.25) is 0 Å². The smallest absolute Gasteiger partial charge is 0.119 e. The summed E-state index contributed by atoms with van der Waals surface area (Å²) >= 11 is 1.69. The Hall–Kier alpha value is -1.16. The normalized spacial score (nSPS) is 12.1. The van der Waals surface area contributed by atoms with Gasteiger partial charge in [-0.2, -0.15) is 0 Å². The van der Waals surface area contributed by atoms with E-state index in [1.54, 1.807) is 18.9 Å². The van der Waals surface area contributed by atoms with Gasteiger partial charge in [-0.1, -0.05) is 13.0 Å². The second-order valence-corrected chi connectivity index (χ2v) is 4.44. The standard InChI is InChI=1S/C11H16N2OS/c1-8(11(12)13)7-15-10-5-3-4-9(6-10)14-2/h3-6,8H,7H2,1-2H3,(H3,12,13). The Morgan fingerprint density at radius 2 is 2.33 bits per heavy atom. The molecule has 1 aromatic carbocycles. The van der Waals surface area contributed by atoms with Crippen LogP contribution in [0.4, 0.5) is 0 Å². The lowest BCUT2D eigenvalue weighted by atomic mass is 10.2. The highest BCUT2D eigenvalue weighted by molar-refractivity contribution is 7.99. The molecule has 3 N–H and O–H groups in total. The van der Waals surface area contributed by atoms with Gasteiger partial charge in [-0.15, -0.1) is 11.8 Å². The molecular formula is C11H16N2OS. The number of nitrogens with one attached hydrogen (secondary N) is 1. The van der Waals surface area contributed by atoms with Gasteiger partial charge in [0.15, 0.2) is 0 Å². The molecule has 3 nitrogen and oxygen atoms in total. The van der Waals surface area contributed by atoms with Crippen molar-refractivity contribution in [1.82, 2.24) is 0 Å². The molecule has 0 spiro atoms. The average Bonchev–Trinajstić information content (AvgIpc) is 2.26. The van der Waals surface area contributed by atoms with Gasteiger partial charge in [-0.05, 0) is 18.2 Å². The fourth-order valence-electron chi connectivity index (χ4n) is 1.00. The van der Waals surface area contributed by atoms with Crippen molar-refractivity contribution in [2.75, 3.05) is 12.9 Å². The molecule has 82 valence electrons. The Kier molecular flexibility index (Phi) is 4.49. The first-order valence-electron chi connectivity index (χ1n) is 4.74. The van der Waals surface area contributed by atoms with Crippen LogP contribution in [0.2, 0.25) is 0 Å². The van der Waals surface area contributed by atoms with E-state index < -0.39 is 0 Å². The van der Waals surface area contributed by atoms with Crippen LogP contribution in [0, 0.1) is 11.3 Å². The molecule has 1 aromatic rings. The van der Waals surface area contributed by atoms with Gasteiger partial charge in [0, 0.05) is 16.6 Å². The van der Waals surface area contributed by atoms with Gasteiger partial charge in [0.05, 0.1) is 12.9 Å². The van der Waals surface area contributed by atoms with E-state index in [2.05, 4.69) is 0 Å². The quantitative estimate of drug-likeness (QED) is 0.458. The molecule has 0 heterocycles. The third kappa shape index (κ3) is 3.83. The maximum absolute atomic E-state index is 7.28. The predicted octanol–water partition coefficient (Wildman–Crippen LogP) is 2.36. The van der Waals surface area contributed by atoms with Gasteiger partial charge in [0.25, 0.3) is 0 Å². The number of hydrogen-bond acceptors (Lipinski definition) is 3. The monoisotopic (exact) mass is 224 g/mol. The van der Waals surface area contributed by atoms with Crippen LogP contribution in [0.25, 0.3) is 0 Å². The summed E-state index contributed by atoms with van der Waals surface area (Å²) in [4.78, 5) is 1.14. The summed E-state index contributed by atoms with van der Waals surface area (Å²) in [6, 6.07) is 7.88. The zero-order valence-corrected chi connectivity index (χ0v) is 9.80. The number of thioether (sulfide) groups is 1. The molecule has 0 amide bonds. The second-order valence-electron chi connectivity index (χ2n) is 3.35. The van der Waals surface area contributed by atoms with Crippen molar-refractivity contribution in [1.29, 1.82) is 5.41 Å². The molecule has 1 unspecified atom stereocenters. The average molecular weight is 224 g/mol. The second kappa shape index (κ2) is 5.66. The Balaban J connectivity index is 2.53. The van der Waals surface area contributed by atoms with Gasteiger partial charge in [-0.25, -0.2) is 0 Å². The molecule has 0 aliphatic rings. The van der Waals surface area contributed by atoms with Crippen LogP contribution in [-0.2, 0) is 0 Å². The highest BCUT2D eigenvalue weighted by atomic mass is 32.2. The summed E-state index contributed by atoms with van der Waals surface area (Å²) in [5.41, 5.74) is 5.40. The van der Waals surface area contributed by atoms with Crippen LogP contribution < -0.4 is 10.5 Å². The van der Waals surface area contributed by atoms with Gasteiger partial charge in [-0.3, -0.25) is 5.41 Å². The van der Waals surface area contributed by atoms with Crippen molar-refractivity contribution in [3.8, 4) is 5.75 Å². The lowest BCUT2D eigenvalue weighted by Crippen LogP contribution is -2.21. The van der Waals surface area contributed by atoms with E-state index >= 15 is 0 Å². The van der Waals surface area contributed by atoms with E-state index in [1.165, 1.54) is 0 Å². The number of nitrogens with two attached hydrogens (primary N) is 1. The Labute approximate surface area is 94.5 Å². The lowest BCUT2D eigenvalue weighted by molar-refractivity contribution is 0.413. The van der Waals surface area contributed by atoms with Crippen LogP contribution in [0.15, 0.2) is 29.2 Å². The van der Waals surface area contributed by atoms with Crippen molar-refractivity contribution in [2.24, 2.45) is 11.7 Å². The minimum Gasteiger partial charge on any atom is -0.497 e. The number of ether oxygens (including phenoxy) is 1. The van der Waals surface area contributed by atoms with Crippen molar-refractivity contribution in [3.63, 3.8) is 0 Å². The largest absolute Gasteiger partial charge is 0.497 e. The Morgan fingerprint density at radius 1 is 1.60 bits per heavy atom. The lowest BCUT2D eigenvalue weighted by Gasteiger charge is -2.09. The maximum atomic E-state index is 7.28. The molecule has 0 radical (unpaired) electrons. The van der Waals surface area contributed by atoms with E-state index in [-0.39, 0.29) is 11.8 Å². The first-order valence-corrected chi connectivity index (χ1v) is 5.73. The van der Waals surface area contributed by atoms with Crippen LogP contribution in [-0.4, -0.2) is 18.7 Å². The van der Waals surface area contributed by atoms with Crippen molar-refractivity contribution < 1.29 is 4.74 Å². The molecule has 0 aliphatic carbocycles. The van der Waals surface area contributed by atoms with E-state index in [9.17, 15) is 0 Å². The zero-order chi connectivity index (χ0) is 11.3. The number of methoxy groups -OCH3 is 1. The summed E-state index contributed by atoms with van der Waals surface area (Å²) < 4.78 is 5.13. The van der Waals surface area contributed by atoms with Crippen LogP contribution in [0.3, 0.4) is 0 Å². The summed E-state index contributed by atoms with van der Waals surface area (Å²) in [6.07, 6.45) is 0. The summed E-state index contributed by atoms with van der Waals surface area (Å²) in [6.45, 7) is 1.95. The molecule has 0 fully saturated rings. The minimum absolute atomic E-state index is 0.112. The van der Waals surface area contributed by atoms with Crippen LogP contribution in [0.1, 0.15) is 6.92 Å². The molecule has 0 aliphatic heterocycles. The minimum atomic E-state index is 0.112. The van der Waals surface area contributed by atoms with Crippen molar-refractivity contribution in [2.45, 2.75) is 11.8 Å². The van der Waals surface area contributed by atoms with E-state index in [0.717, 1.165) is 16.4 Å². The molecule has 4 heteroatoms. The van der Waals surface area contributed by atoms with Crippen molar-refractivity contribution in [3.05, 3.63) is 24.3 Å². The topological polar surface area (TPSA) is 59.1 Å². The molecule has 0 aromatic heterocycles. The van der Waals surface area contributed by atoms with Crippen LogP contribution in [0.5, 0.6) is 5.75 Å². The fraction of sp³-hybridized carbons (Fsp3) is 0.364. The number of amidine groups is 1. The van der Waals surface area contributed by atoms with Gasteiger partial charge in [0.1, 0.15) is 5.75 Å². The molecule has 1 atom stereocenters. The molecule has 0 saturated carbocycles. The number of hydrogen-bond donors (Lipinski definition) is 2. The SMILES string of the molecule is COc1cccc(SCC(C)C(=N)N)c1. The fourth-order valence-corrected chi connectivity index (χ4v) is 2.00. The van der Waals surface area contributed by atoms with Crippen LogP contribution >= 0.6 is 11.8 Å². The summed E-state index contributed by atoms with van der Waals surface area (Å²) in [5, 5.41) is 7.28. The molecular weight excluding hydrogens is 208 g/mol. The molecule has 0 bridgehead atoms. The number of benzene rings is 1. The molecule has 1 rings (SSSR count). The summed E-state index contributed by atoms with van der Waals surface area (Å²) in [7, 11) is 1.65. The van der Waals surface area contributed by atoms with Gasteiger partial charge >= 0.3 is 0 Å². The first-order chi connectivity index (χ1) is 7.13. The highest BCUT2D eigenvalue weighted by Crippen LogP contribution is 2.24. The third-order valence-corrected chi connectivity index (χ3v) is 3.33. The molecule has 15 heavy (non-hydrogen) atoms. The first kappa shape index (κ1) is 11.9. The van der Waals surface area contributed by atoms with Gasteiger partial charge < -0.3 is 10.5 Å². The maximum Gasteiger partial charge on any atom is 0.119 e. The Bertz CT molecular complexity index is 341. The summed E-state index contributed by atoms with van der Waals surface area (Å²) in [5.74, 6) is 2.03. The van der Waals surface area contributed by atoms with E-state index in [4.69, 9.17) is 15.9 Å². The highest BCUT2D eigenvalue weighted by Gasteiger charge is 2.06. The molecule has 0 saturated heterocycles. The zero-order valence-electron chi connectivity index (χ0n) is 8.99.